The fraction of sp³-hybridized carbons (Fsp3) is 0.348. The van der Waals surface area contributed by atoms with E-state index in [4.69, 9.17) is 4.74 Å². The van der Waals surface area contributed by atoms with Gasteiger partial charge in [0.15, 0.2) is 5.65 Å². The first-order valence-corrected chi connectivity index (χ1v) is 10.6. The first-order valence-electron chi connectivity index (χ1n) is 10.6. The Hall–Kier alpha value is -3.23. The van der Waals surface area contributed by atoms with Gasteiger partial charge in [0.25, 0.3) is 0 Å². The molecule has 1 aromatic carbocycles. The summed E-state index contributed by atoms with van der Waals surface area (Å²) in [5.41, 5.74) is 4.09. The van der Waals surface area contributed by atoms with Crippen molar-refractivity contribution in [2.75, 3.05) is 13.2 Å². The number of phenols is 1. The van der Waals surface area contributed by atoms with Crippen LogP contribution in [0.2, 0.25) is 0 Å². The Balaban J connectivity index is 1.31. The van der Waals surface area contributed by atoms with Gasteiger partial charge in [-0.15, -0.1) is 10.2 Å². The summed E-state index contributed by atoms with van der Waals surface area (Å²) in [7, 11) is 1.87. The molecule has 1 unspecified atom stereocenters. The number of hydrogen-bond donors (Lipinski definition) is 2. The molecule has 0 spiro atoms. The normalized spacial score (nSPS) is 23.3. The molecule has 2 bridgehead atoms. The second kappa shape index (κ2) is 7.18. The number of aromatic nitrogens is 5. The molecule has 3 atom stereocenters. The van der Waals surface area contributed by atoms with E-state index >= 15 is 0 Å². The summed E-state index contributed by atoms with van der Waals surface area (Å²) in [6, 6.07) is 10.9. The molecular formula is C23H24N6O2. The predicted molar refractivity (Wildman–Crippen MR) is 117 cm³/mol. The topological polar surface area (TPSA) is 90.0 Å². The van der Waals surface area contributed by atoms with E-state index in [1.54, 1.807) is 16.9 Å². The Morgan fingerprint density at radius 1 is 1.06 bits per heavy atom. The van der Waals surface area contributed by atoms with Crippen LogP contribution >= 0.6 is 0 Å². The summed E-state index contributed by atoms with van der Waals surface area (Å²) in [6.45, 7) is 1.55. The number of piperidine rings is 1. The standard InChI is InChI=1S/C23H24N6O2/c1-28-11-16(10-24-28)14-2-3-20(22(30)7-14)21-6-15-4-5-29(23(15)27-26-21)19-8-17-12-31-13-18(9-19)25-17/h2-7,10-11,17-19,25,30H,8-9,12-13H2,1H3/t17-,18+,19?. The van der Waals surface area contributed by atoms with E-state index in [2.05, 4.69) is 37.4 Å². The van der Waals surface area contributed by atoms with Crippen molar-refractivity contribution in [2.24, 2.45) is 7.05 Å². The molecule has 2 N–H and O–H groups in total. The number of nitrogens with one attached hydrogen (secondary N) is 1. The second-order valence-corrected chi connectivity index (χ2v) is 8.59. The van der Waals surface area contributed by atoms with E-state index in [0.29, 0.717) is 29.4 Å². The number of ether oxygens (including phenoxy) is 1. The molecule has 6 rings (SSSR count). The van der Waals surface area contributed by atoms with E-state index < -0.39 is 0 Å². The molecule has 2 aliphatic rings. The monoisotopic (exact) mass is 416 g/mol. The third-order valence-electron chi connectivity index (χ3n) is 6.39. The first-order chi connectivity index (χ1) is 15.1. The molecule has 31 heavy (non-hydrogen) atoms. The summed E-state index contributed by atoms with van der Waals surface area (Å²) < 4.78 is 9.67. The van der Waals surface area contributed by atoms with Crippen molar-refractivity contribution in [2.45, 2.75) is 31.0 Å². The minimum absolute atomic E-state index is 0.181. The highest BCUT2D eigenvalue weighted by Gasteiger charge is 2.33. The van der Waals surface area contributed by atoms with Crippen molar-refractivity contribution in [3.63, 3.8) is 0 Å². The van der Waals surface area contributed by atoms with Gasteiger partial charge in [0, 0.05) is 54.1 Å². The van der Waals surface area contributed by atoms with Gasteiger partial charge in [0.2, 0.25) is 0 Å². The second-order valence-electron chi connectivity index (χ2n) is 8.59. The largest absolute Gasteiger partial charge is 0.507 e. The third-order valence-corrected chi connectivity index (χ3v) is 6.39. The molecule has 8 nitrogen and oxygen atoms in total. The Bertz CT molecular complexity index is 1250. The molecule has 0 radical (unpaired) electrons. The summed E-state index contributed by atoms with van der Waals surface area (Å²) >= 11 is 0. The Morgan fingerprint density at radius 2 is 1.90 bits per heavy atom. The van der Waals surface area contributed by atoms with E-state index in [-0.39, 0.29) is 5.75 Å². The SMILES string of the molecule is Cn1cc(-c2ccc(-c3cc4ccn(C5C[C@H]6COC[C@@H](C5)N6)c4nn3)c(O)c2)cn1. The average Bonchev–Trinajstić information content (AvgIpc) is 3.39. The zero-order valence-electron chi connectivity index (χ0n) is 17.3. The van der Waals surface area contributed by atoms with Crippen LogP contribution in [0.5, 0.6) is 5.75 Å². The lowest BCUT2D eigenvalue weighted by molar-refractivity contribution is 0.0106. The van der Waals surface area contributed by atoms with Crippen LogP contribution in [0.15, 0.2) is 48.9 Å². The highest BCUT2D eigenvalue weighted by molar-refractivity contribution is 5.82. The number of fused-ring (bicyclic) bond motifs is 3. The van der Waals surface area contributed by atoms with Gasteiger partial charge in [-0.25, -0.2) is 0 Å². The van der Waals surface area contributed by atoms with Crippen molar-refractivity contribution in [1.29, 1.82) is 0 Å². The van der Waals surface area contributed by atoms with Crippen LogP contribution in [0, 0.1) is 0 Å². The van der Waals surface area contributed by atoms with Gasteiger partial charge in [-0.2, -0.15) is 5.10 Å². The van der Waals surface area contributed by atoms with Crippen LogP contribution in [0.25, 0.3) is 33.4 Å². The Kier molecular flexibility index (Phi) is 4.29. The molecule has 2 fully saturated rings. The van der Waals surface area contributed by atoms with Crippen LogP contribution in [-0.4, -0.2) is 54.9 Å². The summed E-state index contributed by atoms with van der Waals surface area (Å²) in [5, 5.41) is 28.5. The lowest BCUT2D eigenvalue weighted by Gasteiger charge is -2.40. The number of aryl methyl sites for hydroxylation is 1. The fourth-order valence-corrected chi connectivity index (χ4v) is 4.91. The maximum Gasteiger partial charge on any atom is 0.162 e. The van der Waals surface area contributed by atoms with Crippen LogP contribution in [0.3, 0.4) is 0 Å². The third kappa shape index (κ3) is 3.28. The maximum absolute atomic E-state index is 10.7. The molecular weight excluding hydrogens is 392 g/mol. The zero-order chi connectivity index (χ0) is 20.9. The van der Waals surface area contributed by atoms with Gasteiger partial charge < -0.3 is 19.7 Å². The Labute approximate surface area is 179 Å². The lowest BCUT2D eigenvalue weighted by atomic mass is 9.92. The van der Waals surface area contributed by atoms with Crippen LogP contribution < -0.4 is 5.32 Å². The molecule has 3 aromatic heterocycles. The number of phenolic OH excluding ortho intramolecular Hbond substituents is 1. The van der Waals surface area contributed by atoms with Crippen molar-refractivity contribution in [1.82, 2.24) is 29.9 Å². The first kappa shape index (κ1) is 18.5. The molecule has 8 heteroatoms. The van der Waals surface area contributed by atoms with Crippen molar-refractivity contribution >= 4 is 11.0 Å². The van der Waals surface area contributed by atoms with Gasteiger partial charge in [-0.05, 0) is 42.7 Å². The molecule has 4 aromatic rings. The number of nitrogens with zero attached hydrogens (tertiary/aromatic N) is 5. The van der Waals surface area contributed by atoms with Gasteiger partial charge in [0.05, 0.1) is 25.1 Å². The summed E-state index contributed by atoms with van der Waals surface area (Å²) in [4.78, 5) is 0. The highest BCUT2D eigenvalue weighted by Crippen LogP contribution is 2.35. The number of benzene rings is 1. The van der Waals surface area contributed by atoms with Crippen LogP contribution in [0.1, 0.15) is 18.9 Å². The number of morpholine rings is 1. The Morgan fingerprint density at radius 3 is 2.65 bits per heavy atom. The van der Waals surface area contributed by atoms with Crippen LogP contribution in [0.4, 0.5) is 0 Å². The van der Waals surface area contributed by atoms with Crippen molar-refractivity contribution < 1.29 is 9.84 Å². The minimum Gasteiger partial charge on any atom is -0.507 e. The molecule has 2 aliphatic heterocycles. The molecule has 5 heterocycles. The molecule has 2 saturated heterocycles. The fourth-order valence-electron chi connectivity index (χ4n) is 4.91. The van der Waals surface area contributed by atoms with E-state index in [9.17, 15) is 5.11 Å². The zero-order valence-corrected chi connectivity index (χ0v) is 17.3. The maximum atomic E-state index is 10.7. The van der Waals surface area contributed by atoms with Gasteiger partial charge >= 0.3 is 0 Å². The minimum atomic E-state index is 0.181. The predicted octanol–water partition coefficient (Wildman–Crippen LogP) is 2.90. The molecule has 158 valence electrons. The van der Waals surface area contributed by atoms with E-state index in [1.807, 2.05) is 31.4 Å². The molecule has 0 saturated carbocycles. The van der Waals surface area contributed by atoms with E-state index in [1.165, 1.54) is 0 Å². The highest BCUT2D eigenvalue weighted by atomic mass is 16.5. The van der Waals surface area contributed by atoms with Gasteiger partial charge in [-0.1, -0.05) is 6.07 Å². The molecule has 0 amide bonds. The smallest absolute Gasteiger partial charge is 0.162 e. The molecule has 0 aliphatic carbocycles. The van der Waals surface area contributed by atoms with Gasteiger partial charge in [0.1, 0.15) is 5.75 Å². The van der Waals surface area contributed by atoms with Crippen molar-refractivity contribution in [3.8, 4) is 28.1 Å². The van der Waals surface area contributed by atoms with Crippen LogP contribution in [-0.2, 0) is 11.8 Å². The number of rotatable bonds is 3. The quantitative estimate of drug-likeness (QED) is 0.534. The number of hydrogen-bond acceptors (Lipinski definition) is 6. The number of aromatic hydroxyl groups is 1. The average molecular weight is 416 g/mol. The summed E-state index contributed by atoms with van der Waals surface area (Å²) in [6.07, 6.45) is 7.87. The lowest BCUT2D eigenvalue weighted by Crippen LogP contribution is -2.54. The summed E-state index contributed by atoms with van der Waals surface area (Å²) in [5.74, 6) is 0.181. The van der Waals surface area contributed by atoms with Gasteiger partial charge in [-0.3, -0.25) is 4.68 Å². The van der Waals surface area contributed by atoms with Crippen molar-refractivity contribution in [3.05, 3.63) is 48.9 Å². The van der Waals surface area contributed by atoms with E-state index in [0.717, 1.165) is 48.2 Å².